The number of carbonyl (C=O) groups is 1. The van der Waals surface area contributed by atoms with E-state index in [2.05, 4.69) is 30.9 Å². The molecule has 2 nitrogen and oxygen atoms in total. The molecule has 19 heavy (non-hydrogen) atoms. The number of carbonyl (C=O) groups excluding carboxylic acids is 1. The maximum Gasteiger partial charge on any atom is 0.228 e. The molecule has 0 aromatic carbocycles. The van der Waals surface area contributed by atoms with Crippen LogP contribution < -0.4 is 0 Å². The lowest BCUT2D eigenvalue weighted by atomic mass is 9.93. The zero-order chi connectivity index (χ0) is 14.3. The van der Waals surface area contributed by atoms with Gasteiger partial charge in [-0.1, -0.05) is 51.2 Å². The van der Waals surface area contributed by atoms with Gasteiger partial charge in [-0.15, -0.1) is 6.58 Å². The summed E-state index contributed by atoms with van der Waals surface area (Å²) in [5, 5.41) is 0. The molecule has 0 aromatic rings. The molecular formula is C17H27NO. The maximum atomic E-state index is 12.3. The minimum Gasteiger partial charge on any atom is -0.335 e. The summed E-state index contributed by atoms with van der Waals surface area (Å²) < 4.78 is 0. The van der Waals surface area contributed by atoms with Crippen molar-refractivity contribution in [2.75, 3.05) is 13.1 Å². The molecule has 0 bridgehead atoms. The second kappa shape index (κ2) is 7.32. The minimum absolute atomic E-state index is 0.181. The first-order valence-electron chi connectivity index (χ1n) is 7.17. The molecule has 0 heterocycles. The summed E-state index contributed by atoms with van der Waals surface area (Å²) >= 11 is 0. The van der Waals surface area contributed by atoms with Crippen molar-refractivity contribution in [1.82, 2.24) is 4.90 Å². The molecule has 1 aliphatic carbocycles. The Bertz CT molecular complexity index is 360. The van der Waals surface area contributed by atoms with Crippen LogP contribution in [0.25, 0.3) is 0 Å². The average molecular weight is 261 g/mol. The summed E-state index contributed by atoms with van der Waals surface area (Å²) in [7, 11) is 0. The molecule has 1 rings (SSSR count). The topological polar surface area (TPSA) is 20.3 Å². The van der Waals surface area contributed by atoms with Crippen LogP contribution >= 0.6 is 0 Å². The zero-order valence-corrected chi connectivity index (χ0v) is 12.6. The van der Waals surface area contributed by atoms with E-state index in [-0.39, 0.29) is 11.3 Å². The SMILES string of the molecule is C=CCN(C/C=C/C1CC=CCC1)C(=O)C(C)(C)C. The summed E-state index contributed by atoms with van der Waals surface area (Å²) in [6.07, 6.45) is 14.2. The summed E-state index contributed by atoms with van der Waals surface area (Å²) in [4.78, 5) is 14.1. The van der Waals surface area contributed by atoms with Crippen LogP contribution in [0.4, 0.5) is 0 Å². The number of rotatable bonds is 5. The number of amides is 1. The Balaban J connectivity index is 2.54. The van der Waals surface area contributed by atoms with Crippen molar-refractivity contribution in [3.63, 3.8) is 0 Å². The lowest BCUT2D eigenvalue weighted by molar-refractivity contribution is -0.138. The molecule has 0 radical (unpaired) electrons. The van der Waals surface area contributed by atoms with Crippen LogP contribution in [0, 0.1) is 11.3 Å². The first-order valence-corrected chi connectivity index (χ1v) is 7.17. The van der Waals surface area contributed by atoms with Crippen LogP contribution in [-0.4, -0.2) is 23.9 Å². The highest BCUT2D eigenvalue weighted by molar-refractivity contribution is 5.81. The van der Waals surface area contributed by atoms with E-state index in [0.29, 0.717) is 19.0 Å². The molecule has 0 saturated heterocycles. The predicted octanol–water partition coefficient (Wildman–Crippen LogP) is 3.96. The largest absolute Gasteiger partial charge is 0.335 e. The third kappa shape index (κ3) is 5.46. The normalized spacial score (nSPS) is 19.6. The summed E-state index contributed by atoms with van der Waals surface area (Å²) in [5.74, 6) is 0.820. The average Bonchev–Trinajstić information content (AvgIpc) is 2.37. The van der Waals surface area contributed by atoms with Crippen LogP contribution in [0.15, 0.2) is 37.0 Å². The van der Waals surface area contributed by atoms with Gasteiger partial charge in [0.15, 0.2) is 0 Å². The van der Waals surface area contributed by atoms with E-state index < -0.39 is 0 Å². The second-order valence-electron chi connectivity index (χ2n) is 6.22. The van der Waals surface area contributed by atoms with E-state index >= 15 is 0 Å². The Hall–Kier alpha value is -1.31. The van der Waals surface area contributed by atoms with Gasteiger partial charge < -0.3 is 4.90 Å². The zero-order valence-electron chi connectivity index (χ0n) is 12.6. The van der Waals surface area contributed by atoms with Gasteiger partial charge in [0.2, 0.25) is 5.91 Å². The Morgan fingerprint density at radius 1 is 1.37 bits per heavy atom. The van der Waals surface area contributed by atoms with Gasteiger partial charge in [0, 0.05) is 18.5 Å². The Labute approximate surface area is 117 Å². The predicted molar refractivity (Wildman–Crippen MR) is 81.9 cm³/mol. The van der Waals surface area contributed by atoms with Crippen molar-refractivity contribution >= 4 is 5.91 Å². The third-order valence-electron chi connectivity index (χ3n) is 3.32. The lowest BCUT2D eigenvalue weighted by Crippen LogP contribution is -2.39. The van der Waals surface area contributed by atoms with Gasteiger partial charge in [-0.3, -0.25) is 4.79 Å². The molecule has 0 aromatic heterocycles. The quantitative estimate of drug-likeness (QED) is 0.686. The molecule has 1 aliphatic rings. The van der Waals surface area contributed by atoms with Gasteiger partial charge in [0.25, 0.3) is 0 Å². The highest BCUT2D eigenvalue weighted by Gasteiger charge is 2.25. The Morgan fingerprint density at radius 3 is 2.63 bits per heavy atom. The molecular weight excluding hydrogens is 234 g/mol. The van der Waals surface area contributed by atoms with Crippen molar-refractivity contribution < 1.29 is 4.79 Å². The van der Waals surface area contributed by atoms with Crippen molar-refractivity contribution in [3.05, 3.63) is 37.0 Å². The number of hydrogen-bond donors (Lipinski definition) is 0. The third-order valence-corrected chi connectivity index (χ3v) is 3.32. The number of hydrogen-bond acceptors (Lipinski definition) is 1. The van der Waals surface area contributed by atoms with E-state index in [0.717, 1.165) is 6.42 Å². The molecule has 2 heteroatoms. The Morgan fingerprint density at radius 2 is 2.11 bits per heavy atom. The summed E-state index contributed by atoms with van der Waals surface area (Å²) in [5.41, 5.74) is -0.329. The first kappa shape index (κ1) is 15.7. The van der Waals surface area contributed by atoms with Crippen LogP contribution in [0.2, 0.25) is 0 Å². The van der Waals surface area contributed by atoms with E-state index in [9.17, 15) is 4.79 Å². The number of nitrogens with zero attached hydrogens (tertiary/aromatic N) is 1. The highest BCUT2D eigenvalue weighted by Crippen LogP contribution is 2.20. The second-order valence-corrected chi connectivity index (χ2v) is 6.22. The van der Waals surface area contributed by atoms with Gasteiger partial charge in [-0.25, -0.2) is 0 Å². The summed E-state index contributed by atoms with van der Waals surface area (Å²) in [6, 6.07) is 0. The molecule has 1 amide bonds. The fraction of sp³-hybridized carbons (Fsp3) is 0.588. The fourth-order valence-corrected chi connectivity index (χ4v) is 2.24. The minimum atomic E-state index is -0.329. The first-order chi connectivity index (χ1) is 8.95. The standard InChI is InChI=1S/C17H27NO/c1-5-13-18(16(19)17(2,3)4)14-9-12-15-10-7-6-8-11-15/h5-7,9,12,15H,1,8,10-11,13-14H2,2-4H3/b12-9+. The molecule has 0 saturated carbocycles. The van der Waals surface area contributed by atoms with Gasteiger partial charge in [0.1, 0.15) is 0 Å². The van der Waals surface area contributed by atoms with Crippen LogP contribution in [0.3, 0.4) is 0 Å². The molecule has 106 valence electrons. The highest BCUT2D eigenvalue weighted by atomic mass is 16.2. The lowest BCUT2D eigenvalue weighted by Gasteiger charge is -2.27. The van der Waals surface area contributed by atoms with E-state index in [1.54, 1.807) is 6.08 Å². The Kier molecular flexibility index (Phi) is 6.07. The molecule has 0 aliphatic heterocycles. The van der Waals surface area contributed by atoms with Crippen LogP contribution in [0.1, 0.15) is 40.0 Å². The summed E-state index contributed by atoms with van der Waals surface area (Å²) in [6.45, 7) is 10.9. The van der Waals surface area contributed by atoms with Crippen LogP contribution in [-0.2, 0) is 4.79 Å². The number of allylic oxidation sites excluding steroid dienone is 3. The fourth-order valence-electron chi connectivity index (χ4n) is 2.24. The molecule has 0 spiro atoms. The van der Waals surface area contributed by atoms with Gasteiger partial charge in [-0.05, 0) is 25.2 Å². The van der Waals surface area contributed by atoms with Gasteiger partial charge in [-0.2, -0.15) is 0 Å². The molecule has 1 atom stereocenters. The molecule has 0 fully saturated rings. The van der Waals surface area contributed by atoms with Gasteiger partial charge in [0.05, 0.1) is 0 Å². The van der Waals surface area contributed by atoms with Crippen molar-refractivity contribution in [1.29, 1.82) is 0 Å². The van der Waals surface area contributed by atoms with Crippen LogP contribution in [0.5, 0.6) is 0 Å². The molecule has 1 unspecified atom stereocenters. The smallest absolute Gasteiger partial charge is 0.228 e. The van der Waals surface area contributed by atoms with Crippen molar-refractivity contribution in [3.8, 4) is 0 Å². The monoisotopic (exact) mass is 261 g/mol. The van der Waals surface area contributed by atoms with Gasteiger partial charge >= 0.3 is 0 Å². The maximum absolute atomic E-state index is 12.3. The van der Waals surface area contributed by atoms with E-state index in [4.69, 9.17) is 0 Å². The molecule has 0 N–H and O–H groups in total. The van der Waals surface area contributed by atoms with E-state index in [1.807, 2.05) is 25.7 Å². The van der Waals surface area contributed by atoms with E-state index in [1.165, 1.54) is 12.8 Å². The van der Waals surface area contributed by atoms with Crippen molar-refractivity contribution in [2.45, 2.75) is 40.0 Å². The van der Waals surface area contributed by atoms with Crippen molar-refractivity contribution in [2.24, 2.45) is 11.3 Å².